The molecule has 0 amide bonds. The van der Waals surface area contributed by atoms with Crippen molar-refractivity contribution in [2.45, 2.75) is 6.92 Å². The Balaban J connectivity index is 1.68. The molecule has 7 heteroatoms. The summed E-state index contributed by atoms with van der Waals surface area (Å²) in [6, 6.07) is 11.2. The molecule has 0 saturated carbocycles. The highest BCUT2D eigenvalue weighted by molar-refractivity contribution is 5.64. The van der Waals surface area contributed by atoms with Gasteiger partial charge in [-0.25, -0.2) is 0 Å². The molecule has 7 nitrogen and oxygen atoms in total. The van der Waals surface area contributed by atoms with E-state index in [1.54, 1.807) is 10.7 Å². The van der Waals surface area contributed by atoms with Gasteiger partial charge in [-0.15, -0.1) is 10.2 Å². The van der Waals surface area contributed by atoms with Crippen LogP contribution in [0.3, 0.4) is 0 Å². The van der Waals surface area contributed by atoms with Gasteiger partial charge in [-0.2, -0.15) is 9.78 Å². The fourth-order valence-electron chi connectivity index (χ4n) is 2.35. The average molecular weight is 295 g/mol. The van der Waals surface area contributed by atoms with Crippen molar-refractivity contribution in [3.63, 3.8) is 0 Å². The molecule has 0 saturated heterocycles. The number of aryl methyl sites for hydroxylation is 1. The van der Waals surface area contributed by atoms with E-state index in [-0.39, 0.29) is 6.79 Å². The number of benzene rings is 1. The molecule has 2 aromatic heterocycles. The zero-order valence-corrected chi connectivity index (χ0v) is 11.9. The summed E-state index contributed by atoms with van der Waals surface area (Å²) in [7, 11) is 0. The summed E-state index contributed by atoms with van der Waals surface area (Å²) < 4.78 is 12.2. The van der Waals surface area contributed by atoms with Crippen LogP contribution in [0.15, 0.2) is 36.4 Å². The van der Waals surface area contributed by atoms with Crippen LogP contribution >= 0.6 is 0 Å². The van der Waals surface area contributed by atoms with Crippen molar-refractivity contribution in [2.24, 2.45) is 0 Å². The minimum absolute atomic E-state index is 0.251. The van der Waals surface area contributed by atoms with E-state index in [4.69, 9.17) is 15.2 Å². The Morgan fingerprint density at radius 3 is 2.64 bits per heavy atom. The fourth-order valence-corrected chi connectivity index (χ4v) is 2.35. The number of hydrogen-bond donors (Lipinski definition) is 1. The Kier molecular flexibility index (Phi) is 2.72. The van der Waals surface area contributed by atoms with Gasteiger partial charge in [0.05, 0.1) is 11.4 Å². The number of nitrogens with two attached hydrogens (primary N) is 1. The van der Waals surface area contributed by atoms with Crippen molar-refractivity contribution < 1.29 is 9.47 Å². The largest absolute Gasteiger partial charge is 0.454 e. The maximum absolute atomic E-state index is 5.89. The molecule has 0 aliphatic carbocycles. The molecule has 0 atom stereocenters. The molecule has 1 aliphatic rings. The van der Waals surface area contributed by atoms with Crippen molar-refractivity contribution >= 4 is 5.82 Å². The highest BCUT2D eigenvalue weighted by Gasteiger charge is 2.14. The van der Waals surface area contributed by atoms with Gasteiger partial charge in [0.1, 0.15) is 5.82 Å². The molecule has 110 valence electrons. The summed E-state index contributed by atoms with van der Waals surface area (Å²) in [5.41, 5.74) is 8.37. The smallest absolute Gasteiger partial charge is 0.231 e. The SMILES string of the molecule is Cc1cc(N)n(-c2ccc(-c3ccc4c(c3)OCO4)nn2)n1. The number of fused-ring (bicyclic) bond motifs is 1. The van der Waals surface area contributed by atoms with Crippen LogP contribution in [0.5, 0.6) is 11.5 Å². The number of hydrogen-bond acceptors (Lipinski definition) is 6. The molecule has 4 rings (SSSR count). The first-order valence-corrected chi connectivity index (χ1v) is 6.77. The van der Waals surface area contributed by atoms with Gasteiger partial charge in [0.25, 0.3) is 0 Å². The molecule has 0 spiro atoms. The van der Waals surface area contributed by atoms with Gasteiger partial charge >= 0.3 is 0 Å². The van der Waals surface area contributed by atoms with Gasteiger partial charge in [-0.05, 0) is 37.3 Å². The lowest BCUT2D eigenvalue weighted by Crippen LogP contribution is -2.05. The van der Waals surface area contributed by atoms with E-state index in [0.717, 1.165) is 28.5 Å². The lowest BCUT2D eigenvalue weighted by molar-refractivity contribution is 0.174. The monoisotopic (exact) mass is 295 g/mol. The number of nitrogens with zero attached hydrogens (tertiary/aromatic N) is 4. The Morgan fingerprint density at radius 1 is 1.05 bits per heavy atom. The third-order valence-electron chi connectivity index (χ3n) is 3.39. The minimum Gasteiger partial charge on any atom is -0.454 e. The summed E-state index contributed by atoms with van der Waals surface area (Å²) in [5.74, 6) is 2.57. The van der Waals surface area contributed by atoms with Gasteiger partial charge < -0.3 is 15.2 Å². The summed E-state index contributed by atoms with van der Waals surface area (Å²) in [6.45, 7) is 2.13. The van der Waals surface area contributed by atoms with E-state index >= 15 is 0 Å². The number of nitrogen functional groups attached to an aromatic ring is 1. The van der Waals surface area contributed by atoms with Crippen molar-refractivity contribution in [3.8, 4) is 28.6 Å². The lowest BCUT2D eigenvalue weighted by Gasteiger charge is -2.05. The van der Waals surface area contributed by atoms with Gasteiger partial charge in [0, 0.05) is 11.6 Å². The van der Waals surface area contributed by atoms with E-state index in [0.29, 0.717) is 11.6 Å². The summed E-state index contributed by atoms with van der Waals surface area (Å²) in [6.07, 6.45) is 0. The third kappa shape index (κ3) is 2.03. The quantitative estimate of drug-likeness (QED) is 0.777. The molecule has 22 heavy (non-hydrogen) atoms. The lowest BCUT2D eigenvalue weighted by atomic mass is 10.1. The van der Waals surface area contributed by atoms with E-state index < -0.39 is 0 Å². The molecule has 3 heterocycles. The number of rotatable bonds is 2. The normalized spacial score (nSPS) is 12.6. The van der Waals surface area contributed by atoms with E-state index in [1.807, 2.05) is 37.3 Å². The van der Waals surface area contributed by atoms with Gasteiger partial charge in [0.15, 0.2) is 17.3 Å². The molecule has 0 bridgehead atoms. The van der Waals surface area contributed by atoms with Gasteiger partial charge in [0.2, 0.25) is 6.79 Å². The van der Waals surface area contributed by atoms with Gasteiger partial charge in [-0.3, -0.25) is 0 Å². The molecule has 0 unspecified atom stereocenters. The Labute approximate surface area is 126 Å². The second-order valence-electron chi connectivity index (χ2n) is 4.97. The van der Waals surface area contributed by atoms with Crippen molar-refractivity contribution in [3.05, 3.63) is 42.1 Å². The molecule has 3 aromatic rings. The van der Waals surface area contributed by atoms with Crippen LogP contribution in [-0.4, -0.2) is 26.8 Å². The molecule has 1 aromatic carbocycles. The first-order valence-electron chi connectivity index (χ1n) is 6.77. The predicted octanol–water partition coefficient (Wildman–Crippen LogP) is 1.95. The minimum atomic E-state index is 0.251. The molecule has 2 N–H and O–H groups in total. The summed E-state index contributed by atoms with van der Waals surface area (Å²) >= 11 is 0. The second kappa shape index (κ2) is 4.73. The Bertz CT molecular complexity index is 842. The standard InChI is InChI=1S/C15H13N5O2/c1-9-6-14(16)20(19-9)15-5-3-11(17-18-15)10-2-4-12-13(7-10)22-8-21-12/h2-7H,8,16H2,1H3. The maximum Gasteiger partial charge on any atom is 0.231 e. The Morgan fingerprint density at radius 2 is 1.91 bits per heavy atom. The molecule has 0 radical (unpaired) electrons. The first-order chi connectivity index (χ1) is 10.7. The van der Waals surface area contributed by atoms with Crippen molar-refractivity contribution in [2.75, 3.05) is 12.5 Å². The number of aromatic nitrogens is 4. The fraction of sp³-hybridized carbons (Fsp3) is 0.133. The van der Waals surface area contributed by atoms with Crippen LogP contribution in [0.25, 0.3) is 17.1 Å². The summed E-state index contributed by atoms with van der Waals surface area (Å²) in [5, 5.41) is 12.7. The predicted molar refractivity (Wildman–Crippen MR) is 79.9 cm³/mol. The second-order valence-corrected chi connectivity index (χ2v) is 4.97. The highest BCUT2D eigenvalue weighted by Crippen LogP contribution is 2.35. The Hall–Kier alpha value is -3.09. The first kappa shape index (κ1) is 12.6. The molecular weight excluding hydrogens is 282 g/mol. The van der Waals surface area contributed by atoms with E-state index in [2.05, 4.69) is 15.3 Å². The zero-order valence-electron chi connectivity index (χ0n) is 11.9. The molecular formula is C15H13N5O2. The van der Waals surface area contributed by atoms with Gasteiger partial charge in [-0.1, -0.05) is 0 Å². The third-order valence-corrected chi connectivity index (χ3v) is 3.39. The van der Waals surface area contributed by atoms with Crippen molar-refractivity contribution in [1.29, 1.82) is 0 Å². The summed E-state index contributed by atoms with van der Waals surface area (Å²) in [4.78, 5) is 0. The topological polar surface area (TPSA) is 88.1 Å². The van der Waals surface area contributed by atoms with E-state index in [1.165, 1.54) is 0 Å². The highest BCUT2D eigenvalue weighted by atomic mass is 16.7. The average Bonchev–Trinajstić information content (AvgIpc) is 3.12. The maximum atomic E-state index is 5.89. The van der Waals surface area contributed by atoms with E-state index in [9.17, 15) is 0 Å². The van der Waals surface area contributed by atoms with Crippen LogP contribution in [0, 0.1) is 6.92 Å². The van der Waals surface area contributed by atoms with Crippen molar-refractivity contribution in [1.82, 2.24) is 20.0 Å². The van der Waals surface area contributed by atoms with Crippen LogP contribution in [0.1, 0.15) is 5.69 Å². The number of ether oxygens (including phenoxy) is 2. The molecule has 0 fully saturated rings. The zero-order chi connectivity index (χ0) is 15.1. The van der Waals surface area contributed by atoms with Crippen LogP contribution in [0.4, 0.5) is 5.82 Å². The number of anilines is 1. The van der Waals surface area contributed by atoms with Crippen LogP contribution < -0.4 is 15.2 Å². The van der Waals surface area contributed by atoms with Crippen LogP contribution in [-0.2, 0) is 0 Å². The van der Waals surface area contributed by atoms with Crippen LogP contribution in [0.2, 0.25) is 0 Å². The molecule has 1 aliphatic heterocycles.